The van der Waals surface area contributed by atoms with Crippen LogP contribution >= 0.6 is 0 Å². The van der Waals surface area contributed by atoms with Crippen LogP contribution in [-0.4, -0.2) is 62.1 Å². The number of nitrogens with zero attached hydrogens (tertiary/aromatic N) is 6. The number of anilines is 1. The number of oxime groups is 1. The number of ether oxygens (including phenoxy) is 2. The Labute approximate surface area is 211 Å². The maximum absolute atomic E-state index is 15.1. The first-order valence-electron chi connectivity index (χ1n) is 11.7. The lowest BCUT2D eigenvalue weighted by atomic mass is 10.0. The molecule has 0 bridgehead atoms. The van der Waals surface area contributed by atoms with Gasteiger partial charge in [0.15, 0.2) is 0 Å². The first-order valence-corrected chi connectivity index (χ1v) is 11.7. The van der Waals surface area contributed by atoms with Crippen molar-refractivity contribution in [3.63, 3.8) is 0 Å². The lowest BCUT2D eigenvalue weighted by Crippen LogP contribution is -2.32. The quantitative estimate of drug-likeness (QED) is 0.465. The molecule has 2 aliphatic rings. The van der Waals surface area contributed by atoms with E-state index in [4.69, 9.17) is 14.3 Å². The summed E-state index contributed by atoms with van der Waals surface area (Å²) >= 11 is 0. The molecule has 11 nitrogen and oxygen atoms in total. The molecule has 0 aliphatic carbocycles. The molecule has 2 atom stereocenters. The molecule has 3 aromatic rings. The van der Waals surface area contributed by atoms with Crippen LogP contribution in [0.3, 0.4) is 0 Å². The van der Waals surface area contributed by atoms with Crippen LogP contribution in [0.4, 0.5) is 14.9 Å². The van der Waals surface area contributed by atoms with Gasteiger partial charge in [0.2, 0.25) is 6.10 Å². The number of aromatic nitrogens is 4. The maximum atomic E-state index is 15.1. The van der Waals surface area contributed by atoms with Gasteiger partial charge in [-0.25, -0.2) is 18.7 Å². The number of cyclic esters (lactones) is 1. The lowest BCUT2D eigenvalue weighted by Gasteiger charge is -2.20. The van der Waals surface area contributed by atoms with Gasteiger partial charge < -0.3 is 14.3 Å². The van der Waals surface area contributed by atoms with Crippen molar-refractivity contribution in [3.05, 3.63) is 60.4 Å². The van der Waals surface area contributed by atoms with Gasteiger partial charge in [0, 0.05) is 29.9 Å². The highest BCUT2D eigenvalue weighted by molar-refractivity contribution is 6.02. The highest BCUT2D eigenvalue weighted by Gasteiger charge is 2.34. The third-order valence-corrected chi connectivity index (χ3v) is 5.71. The Morgan fingerprint density at radius 1 is 1.24 bits per heavy atom. The Hall–Kier alpha value is -4.35. The number of rotatable bonds is 6. The lowest BCUT2D eigenvalue weighted by molar-refractivity contribution is -0.166. The van der Waals surface area contributed by atoms with Crippen molar-refractivity contribution < 1.29 is 28.3 Å². The van der Waals surface area contributed by atoms with Crippen LogP contribution in [0.15, 0.2) is 54.1 Å². The van der Waals surface area contributed by atoms with Gasteiger partial charge in [-0.1, -0.05) is 16.4 Å². The highest BCUT2D eigenvalue weighted by Crippen LogP contribution is 2.29. The predicted octanol–water partition coefficient (Wildman–Crippen LogP) is 3.34. The summed E-state index contributed by atoms with van der Waals surface area (Å²) in [5, 5.41) is 11.6. The van der Waals surface area contributed by atoms with Gasteiger partial charge in [0.25, 0.3) is 0 Å². The fourth-order valence-electron chi connectivity index (χ4n) is 4.02. The normalized spacial score (nSPS) is 19.4. The van der Waals surface area contributed by atoms with Crippen LogP contribution in [0.2, 0.25) is 0 Å². The van der Waals surface area contributed by atoms with Gasteiger partial charge in [-0.3, -0.25) is 9.88 Å². The number of carbonyl (C=O) groups excluding carboxylic acids is 2. The molecule has 5 rings (SSSR count). The van der Waals surface area contributed by atoms with Crippen molar-refractivity contribution in [1.82, 2.24) is 20.0 Å². The smallest absolute Gasteiger partial charge is 0.414 e. The van der Waals surface area contributed by atoms with Crippen molar-refractivity contribution in [2.45, 2.75) is 51.5 Å². The number of esters is 1. The van der Waals surface area contributed by atoms with E-state index >= 15 is 4.39 Å². The van der Waals surface area contributed by atoms with Crippen molar-refractivity contribution in [2.75, 3.05) is 11.4 Å². The molecule has 1 aromatic carbocycles. The van der Waals surface area contributed by atoms with E-state index in [1.54, 1.807) is 62.1 Å². The van der Waals surface area contributed by atoms with Crippen molar-refractivity contribution in [1.29, 1.82) is 0 Å². The van der Waals surface area contributed by atoms with Gasteiger partial charge in [-0.2, -0.15) is 0 Å². The summed E-state index contributed by atoms with van der Waals surface area (Å²) in [5.41, 5.74) is 1.66. The van der Waals surface area contributed by atoms with E-state index in [9.17, 15) is 9.59 Å². The van der Waals surface area contributed by atoms with Gasteiger partial charge in [-0.15, -0.1) is 5.10 Å². The van der Waals surface area contributed by atoms with Crippen molar-refractivity contribution in [2.24, 2.45) is 5.16 Å². The largest absolute Gasteiger partial charge is 0.457 e. The van der Waals surface area contributed by atoms with E-state index < -0.39 is 35.7 Å². The van der Waals surface area contributed by atoms with Gasteiger partial charge >= 0.3 is 12.1 Å². The fraction of sp³-hybridized carbons (Fsp3) is 0.360. The minimum absolute atomic E-state index is 0.230. The van der Waals surface area contributed by atoms with Crippen molar-refractivity contribution in [3.8, 4) is 11.1 Å². The topological polar surface area (TPSA) is 121 Å². The number of benzene rings is 1. The summed E-state index contributed by atoms with van der Waals surface area (Å²) in [7, 11) is 0. The Kier molecular flexibility index (Phi) is 6.32. The molecule has 192 valence electrons. The summed E-state index contributed by atoms with van der Waals surface area (Å²) in [6.45, 7) is 5.96. The third kappa shape index (κ3) is 5.42. The summed E-state index contributed by atoms with van der Waals surface area (Å²) in [6, 6.07) is 7.94. The van der Waals surface area contributed by atoms with Crippen molar-refractivity contribution >= 4 is 23.5 Å². The summed E-state index contributed by atoms with van der Waals surface area (Å²) in [4.78, 5) is 35.6. The number of halogens is 1. The molecule has 12 heteroatoms. The molecule has 4 heterocycles. The SMILES string of the molecule is CC(C)(C)OC(=O)C1CC(c2ccc(-c3ccc(N4C[C@H](Cn5ccnn5)OC4=O)cc3F)cn2)=NO1. The number of hydrogen-bond acceptors (Lipinski definition) is 9. The van der Waals surface area contributed by atoms with Crippen LogP contribution in [0.5, 0.6) is 0 Å². The average molecular weight is 509 g/mol. The van der Waals surface area contributed by atoms with Gasteiger partial charge in [-0.05, 0) is 45.0 Å². The van der Waals surface area contributed by atoms with Gasteiger partial charge in [0.05, 0.1) is 30.7 Å². The van der Waals surface area contributed by atoms with Crippen LogP contribution in [-0.2, 0) is 25.7 Å². The maximum Gasteiger partial charge on any atom is 0.414 e. The molecule has 37 heavy (non-hydrogen) atoms. The Morgan fingerprint density at radius 2 is 2.08 bits per heavy atom. The zero-order valence-corrected chi connectivity index (χ0v) is 20.5. The Bertz CT molecular complexity index is 1340. The highest BCUT2D eigenvalue weighted by atomic mass is 19.1. The molecule has 2 aliphatic heterocycles. The number of pyridine rings is 1. The molecular weight excluding hydrogens is 483 g/mol. The zero-order valence-electron chi connectivity index (χ0n) is 20.5. The first kappa shape index (κ1) is 24.3. The van der Waals surface area contributed by atoms with E-state index in [0.29, 0.717) is 34.8 Å². The first-order chi connectivity index (χ1) is 17.7. The van der Waals surface area contributed by atoms with E-state index in [2.05, 4.69) is 20.5 Å². The van der Waals surface area contributed by atoms with E-state index in [-0.39, 0.29) is 13.0 Å². The van der Waals surface area contributed by atoms with E-state index in [1.165, 1.54) is 17.2 Å². The minimum atomic E-state index is -0.825. The predicted molar refractivity (Wildman–Crippen MR) is 129 cm³/mol. The zero-order chi connectivity index (χ0) is 26.2. The average Bonchev–Trinajstić information content (AvgIpc) is 3.60. The second kappa shape index (κ2) is 9.60. The molecule has 1 amide bonds. The molecular formula is C25H25FN6O5. The number of hydrogen-bond donors (Lipinski definition) is 0. The Balaban J connectivity index is 1.24. The van der Waals surface area contributed by atoms with Crippen LogP contribution in [0.1, 0.15) is 32.9 Å². The minimum Gasteiger partial charge on any atom is -0.457 e. The molecule has 0 saturated carbocycles. The summed E-state index contributed by atoms with van der Waals surface area (Å²) in [5.74, 6) is -0.997. The fourth-order valence-corrected chi connectivity index (χ4v) is 4.02. The summed E-state index contributed by atoms with van der Waals surface area (Å²) in [6.07, 6.45) is 3.17. The third-order valence-electron chi connectivity index (χ3n) is 5.71. The van der Waals surface area contributed by atoms with E-state index in [1.807, 2.05) is 0 Å². The molecule has 1 fully saturated rings. The van der Waals surface area contributed by atoms with Gasteiger partial charge in [0.1, 0.15) is 23.2 Å². The molecule has 1 unspecified atom stereocenters. The summed E-state index contributed by atoms with van der Waals surface area (Å²) < 4.78 is 27.4. The van der Waals surface area contributed by atoms with E-state index in [0.717, 1.165) is 0 Å². The molecule has 1 saturated heterocycles. The Morgan fingerprint density at radius 3 is 2.76 bits per heavy atom. The molecule has 0 N–H and O–H groups in total. The number of carbonyl (C=O) groups is 2. The number of amides is 1. The molecule has 0 radical (unpaired) electrons. The van der Waals surface area contributed by atoms with Crippen LogP contribution in [0, 0.1) is 5.82 Å². The van der Waals surface area contributed by atoms with Crippen LogP contribution < -0.4 is 4.90 Å². The molecule has 0 spiro atoms. The standard InChI is InChI=1S/C25H25FN6O5/c1-25(2,3)36-23(33)22-11-21(29-37-22)20-7-4-15(12-27-20)18-6-5-16(10-19(18)26)32-14-17(35-24(32)34)13-31-9-8-28-30-31/h4-10,12,17,22H,11,13-14H2,1-3H3/t17-,22?/m0/s1. The second-order valence-corrected chi connectivity index (χ2v) is 9.71. The van der Waals surface area contributed by atoms with Crippen LogP contribution in [0.25, 0.3) is 11.1 Å². The monoisotopic (exact) mass is 508 g/mol. The second-order valence-electron chi connectivity index (χ2n) is 9.71. The molecule has 2 aromatic heterocycles.